The van der Waals surface area contributed by atoms with Crippen molar-refractivity contribution in [2.75, 3.05) is 20.2 Å². The summed E-state index contributed by atoms with van der Waals surface area (Å²) < 4.78 is 5.48. The second-order valence-corrected chi connectivity index (χ2v) is 3.45. The second-order valence-electron chi connectivity index (χ2n) is 3.45. The molecule has 88 valence electrons. The summed E-state index contributed by atoms with van der Waals surface area (Å²) in [5, 5.41) is 5.65. The van der Waals surface area contributed by atoms with Crippen molar-refractivity contribution >= 4 is 5.91 Å². The lowest BCUT2D eigenvalue weighted by Crippen LogP contribution is -2.42. The highest BCUT2D eigenvalue weighted by molar-refractivity contribution is 5.80. The van der Waals surface area contributed by atoms with Crippen molar-refractivity contribution in [1.29, 1.82) is 0 Å². The Kier molecular flexibility index (Phi) is 5.36. The quantitative estimate of drug-likeness (QED) is 0.700. The first kappa shape index (κ1) is 12.5. The Labute approximate surface area is 96.0 Å². The van der Waals surface area contributed by atoms with Gasteiger partial charge >= 0.3 is 0 Å². The average Bonchev–Trinajstić information content (AvgIpc) is 2.34. The van der Waals surface area contributed by atoms with E-state index in [0.29, 0.717) is 13.2 Å². The summed E-state index contributed by atoms with van der Waals surface area (Å²) in [7, 11) is 1.63. The molecule has 1 unspecified atom stereocenters. The fraction of sp³-hybridized carbons (Fsp3) is 0.417. The van der Waals surface area contributed by atoms with Gasteiger partial charge < -0.3 is 15.4 Å². The second kappa shape index (κ2) is 6.85. The summed E-state index contributed by atoms with van der Waals surface area (Å²) in [4.78, 5) is 11.2. The Morgan fingerprint density at radius 2 is 2.06 bits per heavy atom. The van der Waals surface area contributed by atoms with Crippen LogP contribution in [-0.4, -0.2) is 32.1 Å². The van der Waals surface area contributed by atoms with Crippen LogP contribution in [-0.2, 0) is 4.79 Å². The van der Waals surface area contributed by atoms with Gasteiger partial charge in [0.25, 0.3) is 0 Å². The van der Waals surface area contributed by atoms with Gasteiger partial charge in [-0.25, -0.2) is 0 Å². The highest BCUT2D eigenvalue weighted by Crippen LogP contribution is 2.07. The van der Waals surface area contributed by atoms with Crippen molar-refractivity contribution in [3.05, 3.63) is 30.3 Å². The predicted molar refractivity (Wildman–Crippen MR) is 63.5 cm³/mol. The maximum Gasteiger partial charge on any atom is 0.236 e. The number of para-hydroxylation sites is 1. The van der Waals surface area contributed by atoms with Gasteiger partial charge in [0.05, 0.1) is 6.04 Å². The molecule has 1 rings (SSSR count). The molecule has 0 radical (unpaired) electrons. The van der Waals surface area contributed by atoms with E-state index in [1.165, 1.54) is 0 Å². The Morgan fingerprint density at radius 1 is 1.38 bits per heavy atom. The van der Waals surface area contributed by atoms with Gasteiger partial charge in [-0.05, 0) is 19.1 Å². The summed E-state index contributed by atoms with van der Waals surface area (Å²) >= 11 is 0. The zero-order chi connectivity index (χ0) is 11.8. The van der Waals surface area contributed by atoms with Crippen LogP contribution in [0.3, 0.4) is 0 Å². The molecule has 0 aliphatic carbocycles. The third-order valence-electron chi connectivity index (χ3n) is 2.20. The molecule has 0 spiro atoms. The number of carbonyl (C=O) groups is 1. The number of benzene rings is 1. The molecule has 1 amide bonds. The summed E-state index contributed by atoms with van der Waals surface area (Å²) in [5.41, 5.74) is 0. The van der Waals surface area contributed by atoms with Crippen LogP contribution in [0.1, 0.15) is 6.92 Å². The maximum atomic E-state index is 11.2. The van der Waals surface area contributed by atoms with E-state index < -0.39 is 0 Å². The number of likely N-dealkylation sites (N-methyl/N-ethyl adjacent to an activating group) is 1. The molecule has 1 atom stereocenters. The number of rotatable bonds is 6. The van der Waals surface area contributed by atoms with Crippen LogP contribution < -0.4 is 15.4 Å². The fourth-order valence-corrected chi connectivity index (χ4v) is 1.27. The van der Waals surface area contributed by atoms with E-state index in [4.69, 9.17) is 4.74 Å². The molecular formula is C12H18N2O2. The lowest BCUT2D eigenvalue weighted by molar-refractivity contribution is -0.122. The van der Waals surface area contributed by atoms with Gasteiger partial charge in [0, 0.05) is 13.6 Å². The van der Waals surface area contributed by atoms with Gasteiger partial charge in [0.2, 0.25) is 5.91 Å². The molecule has 1 aromatic rings. The van der Waals surface area contributed by atoms with E-state index in [0.717, 1.165) is 5.75 Å². The van der Waals surface area contributed by atoms with E-state index in [1.807, 2.05) is 37.3 Å². The SMILES string of the molecule is CNC(=O)C(C)NCCOc1ccccc1. The van der Waals surface area contributed by atoms with Crippen LogP contribution in [0.15, 0.2) is 30.3 Å². The van der Waals surface area contributed by atoms with Crippen molar-refractivity contribution in [3.8, 4) is 5.75 Å². The van der Waals surface area contributed by atoms with Crippen molar-refractivity contribution < 1.29 is 9.53 Å². The normalized spacial score (nSPS) is 11.9. The number of hydrogen-bond donors (Lipinski definition) is 2. The Bertz CT molecular complexity index is 314. The Hall–Kier alpha value is -1.55. The van der Waals surface area contributed by atoms with Crippen molar-refractivity contribution in [2.24, 2.45) is 0 Å². The van der Waals surface area contributed by atoms with Crippen molar-refractivity contribution in [3.63, 3.8) is 0 Å². The molecule has 0 aliphatic heterocycles. The molecule has 1 aromatic carbocycles. The number of amides is 1. The number of ether oxygens (including phenoxy) is 1. The zero-order valence-corrected chi connectivity index (χ0v) is 9.69. The van der Waals surface area contributed by atoms with Gasteiger partial charge in [-0.1, -0.05) is 18.2 Å². The van der Waals surface area contributed by atoms with E-state index in [-0.39, 0.29) is 11.9 Å². The van der Waals surface area contributed by atoms with Crippen LogP contribution in [0.2, 0.25) is 0 Å². The van der Waals surface area contributed by atoms with Gasteiger partial charge in [-0.3, -0.25) is 4.79 Å². The van der Waals surface area contributed by atoms with Crippen LogP contribution >= 0.6 is 0 Å². The van der Waals surface area contributed by atoms with E-state index in [9.17, 15) is 4.79 Å². The van der Waals surface area contributed by atoms with Crippen LogP contribution in [0.25, 0.3) is 0 Å². The molecule has 0 heterocycles. The largest absolute Gasteiger partial charge is 0.492 e. The first-order chi connectivity index (χ1) is 7.74. The number of hydrogen-bond acceptors (Lipinski definition) is 3. The maximum absolute atomic E-state index is 11.2. The predicted octanol–water partition coefficient (Wildman–Crippen LogP) is 0.789. The zero-order valence-electron chi connectivity index (χ0n) is 9.69. The van der Waals surface area contributed by atoms with E-state index in [1.54, 1.807) is 7.05 Å². The van der Waals surface area contributed by atoms with Crippen LogP contribution in [0.5, 0.6) is 5.75 Å². The summed E-state index contributed by atoms with van der Waals surface area (Å²) in [6.07, 6.45) is 0. The van der Waals surface area contributed by atoms with Gasteiger partial charge in [0.1, 0.15) is 12.4 Å². The van der Waals surface area contributed by atoms with Gasteiger partial charge in [0.15, 0.2) is 0 Å². The molecule has 4 heteroatoms. The molecular weight excluding hydrogens is 204 g/mol. The molecule has 2 N–H and O–H groups in total. The third-order valence-corrected chi connectivity index (χ3v) is 2.20. The standard InChI is InChI=1S/C12H18N2O2/c1-10(12(15)13-2)14-8-9-16-11-6-4-3-5-7-11/h3-7,10,14H,8-9H2,1-2H3,(H,13,15). The molecule has 0 saturated carbocycles. The smallest absolute Gasteiger partial charge is 0.236 e. The molecule has 0 fully saturated rings. The lowest BCUT2D eigenvalue weighted by atomic mass is 10.3. The van der Waals surface area contributed by atoms with Crippen molar-refractivity contribution in [1.82, 2.24) is 10.6 Å². The summed E-state index contributed by atoms with van der Waals surface area (Å²) in [5.74, 6) is 0.830. The topological polar surface area (TPSA) is 50.4 Å². The fourth-order valence-electron chi connectivity index (χ4n) is 1.27. The lowest BCUT2D eigenvalue weighted by Gasteiger charge is -2.12. The number of nitrogens with one attached hydrogen (secondary N) is 2. The van der Waals surface area contributed by atoms with Crippen LogP contribution in [0, 0.1) is 0 Å². The molecule has 0 aliphatic rings. The van der Waals surface area contributed by atoms with E-state index >= 15 is 0 Å². The molecule has 0 bridgehead atoms. The van der Waals surface area contributed by atoms with Gasteiger partial charge in [-0.15, -0.1) is 0 Å². The Morgan fingerprint density at radius 3 is 2.69 bits per heavy atom. The highest BCUT2D eigenvalue weighted by atomic mass is 16.5. The minimum absolute atomic E-state index is 0.0142. The minimum Gasteiger partial charge on any atom is -0.492 e. The number of carbonyl (C=O) groups excluding carboxylic acids is 1. The molecule has 0 aromatic heterocycles. The van der Waals surface area contributed by atoms with Crippen LogP contribution in [0.4, 0.5) is 0 Å². The third kappa shape index (κ3) is 4.31. The Balaban J connectivity index is 2.15. The molecule has 16 heavy (non-hydrogen) atoms. The van der Waals surface area contributed by atoms with Gasteiger partial charge in [-0.2, -0.15) is 0 Å². The minimum atomic E-state index is -0.190. The monoisotopic (exact) mass is 222 g/mol. The first-order valence-corrected chi connectivity index (χ1v) is 5.37. The van der Waals surface area contributed by atoms with Crippen molar-refractivity contribution in [2.45, 2.75) is 13.0 Å². The average molecular weight is 222 g/mol. The van der Waals surface area contributed by atoms with E-state index in [2.05, 4.69) is 10.6 Å². The summed E-state index contributed by atoms with van der Waals surface area (Å²) in [6.45, 7) is 3.01. The molecule has 0 saturated heterocycles. The first-order valence-electron chi connectivity index (χ1n) is 5.37. The summed E-state index contributed by atoms with van der Waals surface area (Å²) in [6, 6.07) is 9.42. The molecule has 4 nitrogen and oxygen atoms in total. The highest BCUT2D eigenvalue weighted by Gasteiger charge is 2.08.